The standard InChI is InChI=1S/C22H31N5O.HI/c1-22(2)19(18-11-8-12-28-20(18)22)25-21(23-3)26(4)14-16-13-24-27(15-16)17-9-6-5-7-10-17;/h5-7,9-10,13,15,18-20H,8,11-12,14H2,1-4H3,(H,23,25);1H. The summed E-state index contributed by atoms with van der Waals surface area (Å²) < 4.78 is 7.95. The van der Waals surface area contributed by atoms with Gasteiger partial charge in [-0.3, -0.25) is 4.99 Å². The molecule has 0 radical (unpaired) electrons. The van der Waals surface area contributed by atoms with E-state index in [4.69, 9.17) is 4.74 Å². The van der Waals surface area contributed by atoms with Gasteiger partial charge in [-0.15, -0.1) is 24.0 Å². The van der Waals surface area contributed by atoms with Crippen molar-refractivity contribution in [3.8, 4) is 5.69 Å². The van der Waals surface area contributed by atoms with Crippen LogP contribution in [0.5, 0.6) is 0 Å². The first kappa shape index (κ1) is 22.1. The van der Waals surface area contributed by atoms with Crippen LogP contribution in [0.15, 0.2) is 47.7 Å². The minimum Gasteiger partial charge on any atom is -0.377 e. The van der Waals surface area contributed by atoms with Gasteiger partial charge in [0.15, 0.2) is 5.96 Å². The highest BCUT2D eigenvalue weighted by Gasteiger charge is 2.58. The molecule has 1 saturated heterocycles. The third-order valence-electron chi connectivity index (χ3n) is 6.27. The van der Waals surface area contributed by atoms with Crippen LogP contribution in [-0.2, 0) is 11.3 Å². The van der Waals surface area contributed by atoms with E-state index in [1.807, 2.05) is 36.1 Å². The third kappa shape index (κ3) is 4.30. The van der Waals surface area contributed by atoms with Crippen LogP contribution in [0.1, 0.15) is 32.3 Å². The van der Waals surface area contributed by atoms with Crippen molar-refractivity contribution in [3.05, 3.63) is 48.3 Å². The average Bonchev–Trinajstić information content (AvgIpc) is 3.17. The van der Waals surface area contributed by atoms with Crippen LogP contribution in [0.25, 0.3) is 5.69 Å². The molecular formula is C22H32IN5O. The quantitative estimate of drug-likeness (QED) is 0.388. The van der Waals surface area contributed by atoms with Crippen LogP contribution in [0.3, 0.4) is 0 Å². The Kier molecular flexibility index (Phi) is 6.88. The maximum absolute atomic E-state index is 6.03. The third-order valence-corrected chi connectivity index (χ3v) is 6.27. The molecule has 2 aliphatic rings. The van der Waals surface area contributed by atoms with Crippen LogP contribution in [0.2, 0.25) is 0 Å². The fraction of sp³-hybridized carbons (Fsp3) is 0.545. The Bertz CT molecular complexity index is 835. The number of rotatable bonds is 4. The average molecular weight is 509 g/mol. The van der Waals surface area contributed by atoms with Crippen LogP contribution < -0.4 is 5.32 Å². The maximum atomic E-state index is 6.03. The van der Waals surface area contributed by atoms with E-state index in [1.54, 1.807) is 0 Å². The van der Waals surface area contributed by atoms with Crippen LogP contribution in [-0.4, -0.2) is 53.5 Å². The fourth-order valence-corrected chi connectivity index (χ4v) is 4.81. The number of fused-ring (bicyclic) bond motifs is 1. The molecule has 2 heterocycles. The Labute approximate surface area is 190 Å². The Morgan fingerprint density at radius 2 is 2.10 bits per heavy atom. The Balaban J connectivity index is 0.00000240. The summed E-state index contributed by atoms with van der Waals surface area (Å²) in [5.41, 5.74) is 2.35. The number of aromatic nitrogens is 2. The number of halogens is 1. The van der Waals surface area contributed by atoms with Gasteiger partial charge < -0.3 is 15.0 Å². The summed E-state index contributed by atoms with van der Waals surface area (Å²) in [5.74, 6) is 1.50. The number of hydrogen-bond acceptors (Lipinski definition) is 3. The second kappa shape index (κ2) is 9.04. The van der Waals surface area contributed by atoms with Crippen LogP contribution in [0.4, 0.5) is 0 Å². The van der Waals surface area contributed by atoms with Crippen molar-refractivity contribution < 1.29 is 4.74 Å². The molecule has 4 rings (SSSR count). The topological polar surface area (TPSA) is 54.7 Å². The number of ether oxygens (including phenoxy) is 1. The zero-order valence-corrected chi connectivity index (χ0v) is 20.0. The molecule has 0 spiro atoms. The van der Waals surface area contributed by atoms with E-state index >= 15 is 0 Å². The zero-order valence-electron chi connectivity index (χ0n) is 17.7. The highest BCUT2D eigenvalue weighted by atomic mass is 127. The number of nitrogens with zero attached hydrogens (tertiary/aromatic N) is 4. The van der Waals surface area contributed by atoms with Gasteiger partial charge in [-0.1, -0.05) is 32.0 Å². The van der Waals surface area contributed by atoms with Crippen molar-refractivity contribution >= 4 is 29.9 Å². The predicted molar refractivity (Wildman–Crippen MR) is 127 cm³/mol. The Hall–Kier alpha value is -1.61. The zero-order chi connectivity index (χ0) is 19.7. The molecule has 2 fully saturated rings. The second-order valence-corrected chi connectivity index (χ2v) is 8.57. The van der Waals surface area contributed by atoms with E-state index in [0.29, 0.717) is 18.1 Å². The van der Waals surface area contributed by atoms with Crippen molar-refractivity contribution in [2.24, 2.45) is 16.3 Å². The van der Waals surface area contributed by atoms with Gasteiger partial charge in [-0.2, -0.15) is 5.10 Å². The first-order chi connectivity index (χ1) is 13.5. The van der Waals surface area contributed by atoms with Gasteiger partial charge in [0, 0.05) is 56.4 Å². The maximum Gasteiger partial charge on any atom is 0.193 e. The molecule has 1 aliphatic carbocycles. The monoisotopic (exact) mass is 509 g/mol. The van der Waals surface area contributed by atoms with Gasteiger partial charge in [-0.25, -0.2) is 4.68 Å². The van der Waals surface area contributed by atoms with Crippen LogP contribution >= 0.6 is 24.0 Å². The molecule has 1 aliphatic heterocycles. The molecule has 0 amide bonds. The molecule has 158 valence electrons. The van der Waals surface area contributed by atoms with Crippen molar-refractivity contribution in [3.63, 3.8) is 0 Å². The van der Waals surface area contributed by atoms with E-state index in [1.165, 1.54) is 6.42 Å². The van der Waals surface area contributed by atoms with Crippen LogP contribution in [0, 0.1) is 11.3 Å². The molecule has 2 aromatic rings. The molecular weight excluding hydrogens is 477 g/mol. The minimum absolute atomic E-state index is 0. The molecule has 3 atom stereocenters. The molecule has 1 N–H and O–H groups in total. The first-order valence-corrected chi connectivity index (χ1v) is 10.2. The van der Waals surface area contributed by atoms with E-state index in [0.717, 1.165) is 36.8 Å². The lowest BCUT2D eigenvalue weighted by molar-refractivity contribution is -0.188. The predicted octanol–water partition coefficient (Wildman–Crippen LogP) is 3.70. The minimum atomic E-state index is 0. The van der Waals surface area contributed by atoms with E-state index in [-0.39, 0.29) is 29.4 Å². The summed E-state index contributed by atoms with van der Waals surface area (Å²) in [4.78, 5) is 6.70. The van der Waals surface area contributed by atoms with Crippen molar-refractivity contribution in [1.29, 1.82) is 0 Å². The lowest BCUT2D eigenvalue weighted by atomic mass is 9.55. The molecule has 0 bridgehead atoms. The Morgan fingerprint density at radius 1 is 1.34 bits per heavy atom. The van der Waals surface area contributed by atoms with Gasteiger partial charge in [0.25, 0.3) is 0 Å². The van der Waals surface area contributed by atoms with Crippen molar-refractivity contribution in [1.82, 2.24) is 20.0 Å². The number of nitrogens with one attached hydrogen (secondary N) is 1. The molecule has 29 heavy (non-hydrogen) atoms. The number of para-hydroxylation sites is 1. The molecule has 1 saturated carbocycles. The van der Waals surface area contributed by atoms with Crippen molar-refractivity contribution in [2.75, 3.05) is 20.7 Å². The summed E-state index contributed by atoms with van der Waals surface area (Å²) in [6, 6.07) is 10.6. The molecule has 3 unspecified atom stereocenters. The van der Waals surface area contributed by atoms with E-state index < -0.39 is 0 Å². The van der Waals surface area contributed by atoms with E-state index in [9.17, 15) is 0 Å². The second-order valence-electron chi connectivity index (χ2n) is 8.57. The first-order valence-electron chi connectivity index (χ1n) is 10.2. The van der Waals surface area contributed by atoms with Gasteiger partial charge in [-0.05, 0) is 25.0 Å². The van der Waals surface area contributed by atoms with Gasteiger partial charge in [0.1, 0.15) is 0 Å². The number of hydrogen-bond donors (Lipinski definition) is 1. The number of guanidine groups is 1. The highest BCUT2D eigenvalue weighted by Crippen LogP contribution is 2.51. The van der Waals surface area contributed by atoms with Gasteiger partial charge in [0.05, 0.1) is 18.0 Å². The largest absolute Gasteiger partial charge is 0.377 e. The molecule has 7 heteroatoms. The van der Waals surface area contributed by atoms with Crippen molar-refractivity contribution in [2.45, 2.75) is 45.4 Å². The summed E-state index contributed by atoms with van der Waals surface area (Å²) in [5, 5.41) is 8.22. The SMILES string of the molecule is CN=C(NC1C2CCCOC2C1(C)C)N(C)Cc1cnn(-c2ccccc2)c1.I. The summed E-state index contributed by atoms with van der Waals surface area (Å²) >= 11 is 0. The number of benzene rings is 1. The molecule has 6 nitrogen and oxygen atoms in total. The summed E-state index contributed by atoms with van der Waals surface area (Å²) in [7, 11) is 3.93. The lowest BCUT2D eigenvalue weighted by Gasteiger charge is -2.60. The lowest BCUT2D eigenvalue weighted by Crippen LogP contribution is -2.71. The Morgan fingerprint density at radius 3 is 2.83 bits per heavy atom. The van der Waals surface area contributed by atoms with Gasteiger partial charge in [0.2, 0.25) is 0 Å². The fourth-order valence-electron chi connectivity index (χ4n) is 4.81. The summed E-state index contributed by atoms with van der Waals surface area (Å²) in [6.07, 6.45) is 6.76. The number of aliphatic imine (C=N–C) groups is 1. The summed E-state index contributed by atoms with van der Waals surface area (Å²) in [6.45, 7) is 6.25. The molecule has 1 aromatic heterocycles. The van der Waals surface area contributed by atoms with E-state index in [2.05, 4.69) is 59.5 Å². The highest BCUT2D eigenvalue weighted by molar-refractivity contribution is 14.0. The normalized spacial score (nSPS) is 25.4. The smallest absolute Gasteiger partial charge is 0.193 e. The van der Waals surface area contributed by atoms with Gasteiger partial charge >= 0.3 is 0 Å². The molecule has 1 aromatic carbocycles.